The van der Waals surface area contributed by atoms with E-state index in [4.69, 9.17) is 9.47 Å². The second-order valence-electron chi connectivity index (χ2n) is 14.0. The maximum absolute atomic E-state index is 14.4. The van der Waals surface area contributed by atoms with Crippen LogP contribution in [0.3, 0.4) is 0 Å². The van der Waals surface area contributed by atoms with E-state index in [0.29, 0.717) is 50.5 Å². The Morgan fingerprint density at radius 1 is 1.02 bits per heavy atom. The van der Waals surface area contributed by atoms with Gasteiger partial charge in [0.25, 0.3) is 0 Å². The number of hydrogen-bond donors (Lipinski definition) is 1. The van der Waals surface area contributed by atoms with E-state index in [1.807, 2.05) is 27.9 Å². The average Bonchev–Trinajstić information content (AvgIpc) is 3.61. The molecule has 0 saturated heterocycles. The number of hydrogen-bond acceptors (Lipinski definition) is 5. The monoisotopic (exact) mass is 660 g/mol. The number of nitrogens with one attached hydrogen (secondary N) is 1. The Hall–Kier alpha value is -3.88. The van der Waals surface area contributed by atoms with Crippen molar-refractivity contribution in [1.82, 2.24) is 15.1 Å². The summed E-state index contributed by atoms with van der Waals surface area (Å²) in [6, 6.07) is 15.1. The lowest BCUT2D eigenvalue weighted by Crippen LogP contribution is -2.42. The molecular formula is C39H53FN4O4. The van der Waals surface area contributed by atoms with Crippen molar-refractivity contribution in [2.75, 3.05) is 25.1 Å². The second kappa shape index (κ2) is 16.5. The summed E-state index contributed by atoms with van der Waals surface area (Å²) in [6.45, 7) is 8.69. The van der Waals surface area contributed by atoms with E-state index in [1.54, 1.807) is 14.0 Å². The number of alkyl halides is 1. The zero-order valence-electron chi connectivity index (χ0n) is 29.3. The third kappa shape index (κ3) is 8.97. The summed E-state index contributed by atoms with van der Waals surface area (Å²) in [6.07, 6.45) is 9.22. The Bertz CT molecular complexity index is 1510. The second-order valence-corrected chi connectivity index (χ2v) is 14.0. The first-order valence-corrected chi connectivity index (χ1v) is 17.8. The molecule has 2 fully saturated rings. The molecule has 1 heterocycles. The molecule has 0 radical (unpaired) electrons. The Labute approximate surface area is 285 Å². The first kappa shape index (κ1) is 35.4. The van der Waals surface area contributed by atoms with E-state index < -0.39 is 12.3 Å². The third-order valence-corrected chi connectivity index (χ3v) is 10.3. The van der Waals surface area contributed by atoms with Gasteiger partial charge in [-0.3, -0.25) is 9.48 Å². The minimum Gasteiger partial charge on any atom is -0.496 e. The van der Waals surface area contributed by atoms with Gasteiger partial charge in [-0.25, -0.2) is 9.18 Å². The van der Waals surface area contributed by atoms with Gasteiger partial charge in [-0.1, -0.05) is 31.2 Å². The molecule has 2 aromatic carbocycles. The van der Waals surface area contributed by atoms with Gasteiger partial charge in [-0.15, -0.1) is 0 Å². The number of methoxy groups -OCH3 is 1. The molecule has 1 N–H and O–H groups in total. The quantitative estimate of drug-likeness (QED) is 0.210. The molecule has 3 aromatic rings. The highest BCUT2D eigenvalue weighted by Gasteiger charge is 2.34. The fourth-order valence-electron chi connectivity index (χ4n) is 7.22. The third-order valence-electron chi connectivity index (χ3n) is 10.3. The van der Waals surface area contributed by atoms with Gasteiger partial charge in [-0.2, -0.15) is 5.10 Å². The number of alkyl carbamates (subject to hydrolysis) is 1. The molecule has 1 aromatic heterocycles. The highest BCUT2D eigenvalue weighted by atomic mass is 19.1. The van der Waals surface area contributed by atoms with Gasteiger partial charge in [-0.05, 0) is 125 Å². The Kier molecular flexibility index (Phi) is 12.2. The summed E-state index contributed by atoms with van der Waals surface area (Å²) < 4.78 is 26.6. The van der Waals surface area contributed by atoms with E-state index in [1.165, 1.54) is 11.1 Å². The Morgan fingerprint density at radius 2 is 1.77 bits per heavy atom. The zero-order valence-corrected chi connectivity index (χ0v) is 29.3. The number of ether oxygens (including phenoxy) is 2. The van der Waals surface area contributed by atoms with E-state index >= 15 is 0 Å². The van der Waals surface area contributed by atoms with Crippen molar-refractivity contribution in [3.63, 3.8) is 0 Å². The number of carbonyl (C=O) groups is 2. The summed E-state index contributed by atoms with van der Waals surface area (Å²) in [5, 5.41) is 7.06. The molecule has 0 spiro atoms. The fraction of sp³-hybridized carbons (Fsp3) is 0.564. The number of amides is 2. The standard InChI is InChI=1S/C39H53FN4O4/c1-6-34(40)23-41-39(46)48-36-17-14-30(15-18-36)38(45)43(35-9-7-8-31(21-35)33-22-42-44(25-33)26(2)3)24-28-10-12-29(13-11-28)32-16-19-37(47-5)27(4)20-32/h7-9,16,19-22,25-26,28-30,34,36H,6,10-15,17-18,23-24H2,1-5H3,(H,41,46)/t28?,29?,30?,34-,36?/m1/s1. The van der Waals surface area contributed by atoms with Crippen molar-refractivity contribution < 1.29 is 23.5 Å². The van der Waals surface area contributed by atoms with E-state index in [2.05, 4.69) is 67.7 Å². The molecule has 9 heteroatoms. The summed E-state index contributed by atoms with van der Waals surface area (Å²) in [5.41, 5.74) is 5.52. The largest absolute Gasteiger partial charge is 0.496 e. The van der Waals surface area contributed by atoms with Crippen molar-refractivity contribution in [3.8, 4) is 16.9 Å². The predicted octanol–water partition coefficient (Wildman–Crippen LogP) is 8.79. The Balaban J connectivity index is 1.28. The maximum Gasteiger partial charge on any atom is 0.407 e. The molecule has 2 saturated carbocycles. The number of anilines is 1. The molecule has 0 unspecified atom stereocenters. The molecule has 5 rings (SSSR count). The highest BCUT2D eigenvalue weighted by Crippen LogP contribution is 2.39. The predicted molar refractivity (Wildman–Crippen MR) is 188 cm³/mol. The number of aryl methyl sites for hydroxylation is 1. The van der Waals surface area contributed by atoms with Crippen LogP contribution in [-0.4, -0.2) is 54.3 Å². The van der Waals surface area contributed by atoms with Gasteiger partial charge < -0.3 is 19.7 Å². The zero-order chi connectivity index (χ0) is 34.2. The van der Waals surface area contributed by atoms with Crippen LogP contribution < -0.4 is 15.0 Å². The van der Waals surface area contributed by atoms with Crippen LogP contribution in [0.4, 0.5) is 14.9 Å². The van der Waals surface area contributed by atoms with Gasteiger partial charge >= 0.3 is 6.09 Å². The van der Waals surface area contributed by atoms with Crippen molar-refractivity contribution in [2.24, 2.45) is 11.8 Å². The minimum atomic E-state index is -1.08. The van der Waals surface area contributed by atoms with Crippen molar-refractivity contribution in [2.45, 2.75) is 110 Å². The number of nitrogens with zero attached hydrogens (tertiary/aromatic N) is 3. The van der Waals surface area contributed by atoms with Crippen LogP contribution in [-0.2, 0) is 9.53 Å². The molecule has 48 heavy (non-hydrogen) atoms. The normalized spacial score (nSPS) is 21.8. The number of carbonyl (C=O) groups excluding carboxylic acids is 2. The summed E-state index contributed by atoms with van der Waals surface area (Å²) >= 11 is 0. The first-order chi connectivity index (χ1) is 23.1. The van der Waals surface area contributed by atoms with Crippen molar-refractivity contribution >= 4 is 17.7 Å². The molecule has 0 bridgehead atoms. The molecular weight excluding hydrogens is 607 g/mol. The summed E-state index contributed by atoms with van der Waals surface area (Å²) in [7, 11) is 1.71. The van der Waals surface area contributed by atoms with Crippen LogP contribution >= 0.6 is 0 Å². The van der Waals surface area contributed by atoms with Gasteiger partial charge in [0.1, 0.15) is 18.0 Å². The van der Waals surface area contributed by atoms with Gasteiger partial charge in [0.05, 0.1) is 19.9 Å². The molecule has 2 aliphatic carbocycles. The summed E-state index contributed by atoms with van der Waals surface area (Å²) in [5.74, 6) is 1.84. The lowest BCUT2D eigenvalue weighted by molar-refractivity contribution is -0.124. The SMILES string of the molecule is CC[C@@H](F)CNC(=O)OC1CCC(C(=O)N(CC2CCC(c3ccc(OC)c(C)c3)CC2)c2cccc(-c3cnn(C(C)C)c3)c2)CC1. The van der Waals surface area contributed by atoms with E-state index in [9.17, 15) is 14.0 Å². The van der Waals surface area contributed by atoms with E-state index in [0.717, 1.165) is 48.2 Å². The van der Waals surface area contributed by atoms with Crippen LogP contribution in [0.1, 0.15) is 102 Å². The number of benzene rings is 2. The van der Waals surface area contributed by atoms with E-state index in [-0.39, 0.29) is 30.5 Å². The molecule has 8 nitrogen and oxygen atoms in total. The minimum absolute atomic E-state index is 0.0445. The van der Waals surface area contributed by atoms with Crippen molar-refractivity contribution in [1.29, 1.82) is 0 Å². The number of rotatable bonds is 12. The lowest BCUT2D eigenvalue weighted by atomic mass is 9.78. The van der Waals surface area contributed by atoms with Gasteiger partial charge in [0.2, 0.25) is 5.91 Å². The molecule has 0 aliphatic heterocycles. The summed E-state index contributed by atoms with van der Waals surface area (Å²) in [4.78, 5) is 28.6. The smallest absolute Gasteiger partial charge is 0.407 e. The Morgan fingerprint density at radius 3 is 2.42 bits per heavy atom. The maximum atomic E-state index is 14.4. The van der Waals surface area contributed by atoms with Gasteiger partial charge in [0, 0.05) is 36.0 Å². The number of halogens is 1. The topological polar surface area (TPSA) is 85.7 Å². The first-order valence-electron chi connectivity index (χ1n) is 17.8. The molecule has 2 aliphatic rings. The van der Waals surface area contributed by atoms with Crippen LogP contribution in [0, 0.1) is 18.8 Å². The fourth-order valence-corrected chi connectivity index (χ4v) is 7.22. The molecule has 2 amide bonds. The number of aromatic nitrogens is 2. The lowest BCUT2D eigenvalue weighted by Gasteiger charge is -2.36. The van der Waals surface area contributed by atoms with Crippen LogP contribution in [0.25, 0.3) is 11.1 Å². The highest BCUT2D eigenvalue weighted by molar-refractivity contribution is 5.95. The van der Waals surface area contributed by atoms with Crippen LogP contribution in [0.2, 0.25) is 0 Å². The average molecular weight is 661 g/mol. The molecule has 260 valence electrons. The van der Waals surface area contributed by atoms with Crippen molar-refractivity contribution in [3.05, 3.63) is 66.0 Å². The van der Waals surface area contributed by atoms with Gasteiger partial charge in [0.15, 0.2) is 0 Å². The van der Waals surface area contributed by atoms with Crippen LogP contribution in [0.15, 0.2) is 54.9 Å². The molecule has 1 atom stereocenters. The van der Waals surface area contributed by atoms with Crippen LogP contribution in [0.5, 0.6) is 5.75 Å².